The molecule has 0 spiro atoms. The summed E-state index contributed by atoms with van der Waals surface area (Å²) in [6.45, 7) is 6.05. The van der Waals surface area contributed by atoms with Crippen molar-refractivity contribution in [3.8, 4) is 0 Å². The molecule has 5 nitrogen and oxygen atoms in total. The lowest BCUT2D eigenvalue weighted by atomic mass is 9.79. The van der Waals surface area contributed by atoms with E-state index in [1.165, 1.54) is 0 Å². The van der Waals surface area contributed by atoms with Crippen molar-refractivity contribution in [3.05, 3.63) is 0 Å². The number of ketones is 1. The van der Waals surface area contributed by atoms with Gasteiger partial charge in [0.25, 0.3) is 0 Å². The maximum atomic E-state index is 12.5. The molecule has 2 aliphatic heterocycles. The van der Waals surface area contributed by atoms with Crippen molar-refractivity contribution < 1.29 is 23.8 Å². The summed E-state index contributed by atoms with van der Waals surface area (Å²) in [5.41, 5.74) is 0. The van der Waals surface area contributed by atoms with Gasteiger partial charge in [0.15, 0.2) is 0 Å². The van der Waals surface area contributed by atoms with Crippen LogP contribution in [0.25, 0.3) is 0 Å². The van der Waals surface area contributed by atoms with Crippen LogP contribution in [0.4, 0.5) is 0 Å². The standard InChI is InChI=1S/C23H38O5/c1-16-13-20(9-11-26-16)22(24)8-7-18-3-5-19(6-4-18)15-28-23(25)21-10-12-27-17(2)14-21/h16-21H,3-15H2,1-2H3. The number of carbonyl (C=O) groups excluding carboxylic acids is 2. The fraction of sp³-hybridized carbons (Fsp3) is 0.913. The summed E-state index contributed by atoms with van der Waals surface area (Å²) in [5.74, 6) is 1.78. The van der Waals surface area contributed by atoms with Crippen LogP contribution in [0.2, 0.25) is 0 Å². The summed E-state index contributed by atoms with van der Waals surface area (Å²) in [7, 11) is 0. The predicted octanol–water partition coefficient (Wildman–Crippen LogP) is 4.32. The summed E-state index contributed by atoms with van der Waals surface area (Å²) in [4.78, 5) is 24.8. The average Bonchev–Trinajstić information content (AvgIpc) is 2.71. The van der Waals surface area contributed by atoms with Gasteiger partial charge in [0, 0.05) is 25.6 Å². The summed E-state index contributed by atoms with van der Waals surface area (Å²) >= 11 is 0. The van der Waals surface area contributed by atoms with E-state index in [9.17, 15) is 9.59 Å². The molecule has 0 radical (unpaired) electrons. The molecule has 2 saturated heterocycles. The Morgan fingerprint density at radius 1 is 0.821 bits per heavy atom. The molecule has 3 aliphatic rings. The van der Waals surface area contributed by atoms with Gasteiger partial charge in [-0.1, -0.05) is 12.8 Å². The molecular formula is C23H38O5. The molecule has 0 aromatic heterocycles. The van der Waals surface area contributed by atoms with Gasteiger partial charge in [0.2, 0.25) is 0 Å². The Kier molecular flexibility index (Phi) is 8.34. The van der Waals surface area contributed by atoms with Crippen molar-refractivity contribution in [2.75, 3.05) is 19.8 Å². The zero-order valence-corrected chi connectivity index (χ0v) is 17.7. The van der Waals surface area contributed by atoms with Gasteiger partial charge in [-0.25, -0.2) is 0 Å². The minimum atomic E-state index is -0.0337. The van der Waals surface area contributed by atoms with E-state index in [0.717, 1.165) is 70.8 Å². The van der Waals surface area contributed by atoms with E-state index < -0.39 is 0 Å². The van der Waals surface area contributed by atoms with Crippen molar-refractivity contribution in [1.29, 1.82) is 0 Å². The molecule has 5 heteroatoms. The fourth-order valence-corrected chi connectivity index (χ4v) is 5.06. The zero-order valence-electron chi connectivity index (χ0n) is 17.7. The van der Waals surface area contributed by atoms with E-state index in [0.29, 0.717) is 30.8 Å². The molecule has 160 valence electrons. The Bertz CT molecular complexity index is 465. The molecule has 1 saturated carbocycles. The Morgan fingerprint density at radius 3 is 2.04 bits per heavy atom. The van der Waals surface area contributed by atoms with Crippen molar-refractivity contribution in [1.82, 2.24) is 0 Å². The van der Waals surface area contributed by atoms with Crippen molar-refractivity contribution in [2.45, 2.75) is 90.3 Å². The summed E-state index contributed by atoms with van der Waals surface area (Å²) in [6, 6.07) is 0. The second-order valence-corrected chi connectivity index (χ2v) is 9.33. The maximum absolute atomic E-state index is 12.5. The van der Waals surface area contributed by atoms with Gasteiger partial charge in [-0.3, -0.25) is 9.59 Å². The van der Waals surface area contributed by atoms with Crippen LogP contribution in [-0.4, -0.2) is 43.8 Å². The van der Waals surface area contributed by atoms with Gasteiger partial charge in [0.1, 0.15) is 5.78 Å². The van der Waals surface area contributed by atoms with E-state index in [1.54, 1.807) is 0 Å². The minimum Gasteiger partial charge on any atom is -0.465 e. The Balaban J connectivity index is 1.29. The molecule has 3 rings (SSSR count). The molecule has 0 N–H and O–H groups in total. The lowest BCUT2D eigenvalue weighted by Gasteiger charge is -2.30. The van der Waals surface area contributed by atoms with Crippen molar-refractivity contribution in [2.24, 2.45) is 23.7 Å². The van der Waals surface area contributed by atoms with Crippen LogP contribution in [0, 0.1) is 23.7 Å². The van der Waals surface area contributed by atoms with Crippen molar-refractivity contribution >= 4 is 11.8 Å². The SMILES string of the molecule is CC1CC(C(=O)CCC2CCC(COC(=O)C3CCOC(C)C3)CC2)CCO1. The predicted molar refractivity (Wildman–Crippen MR) is 107 cm³/mol. The van der Waals surface area contributed by atoms with Crippen LogP contribution < -0.4 is 0 Å². The van der Waals surface area contributed by atoms with Crippen molar-refractivity contribution in [3.63, 3.8) is 0 Å². The molecule has 4 atom stereocenters. The third-order valence-electron chi connectivity index (χ3n) is 6.99. The molecule has 0 aromatic rings. The summed E-state index contributed by atoms with van der Waals surface area (Å²) in [5, 5.41) is 0. The number of carbonyl (C=O) groups is 2. The number of hydrogen-bond acceptors (Lipinski definition) is 5. The maximum Gasteiger partial charge on any atom is 0.309 e. The second-order valence-electron chi connectivity index (χ2n) is 9.33. The van der Waals surface area contributed by atoms with E-state index in [1.807, 2.05) is 6.92 Å². The van der Waals surface area contributed by atoms with Gasteiger partial charge in [0.05, 0.1) is 24.7 Å². The Morgan fingerprint density at radius 2 is 1.39 bits per heavy atom. The molecule has 3 fully saturated rings. The molecule has 2 heterocycles. The minimum absolute atomic E-state index is 0.0130. The fourth-order valence-electron chi connectivity index (χ4n) is 5.06. The van der Waals surface area contributed by atoms with E-state index in [-0.39, 0.29) is 30.0 Å². The van der Waals surface area contributed by atoms with E-state index in [4.69, 9.17) is 14.2 Å². The second kappa shape index (κ2) is 10.7. The third-order valence-corrected chi connectivity index (χ3v) is 6.99. The van der Waals surface area contributed by atoms with Gasteiger partial charge < -0.3 is 14.2 Å². The molecule has 1 aliphatic carbocycles. The van der Waals surface area contributed by atoms with E-state index in [2.05, 4.69) is 6.92 Å². The zero-order chi connectivity index (χ0) is 19.9. The van der Waals surface area contributed by atoms with Crippen LogP contribution in [0.3, 0.4) is 0 Å². The quantitative estimate of drug-likeness (QED) is 0.602. The lowest BCUT2D eigenvalue weighted by Crippen LogP contribution is -2.31. The van der Waals surface area contributed by atoms with Crippen LogP contribution in [0.1, 0.15) is 78.1 Å². The molecule has 28 heavy (non-hydrogen) atoms. The van der Waals surface area contributed by atoms with Gasteiger partial charge >= 0.3 is 5.97 Å². The highest BCUT2D eigenvalue weighted by atomic mass is 16.5. The first-order valence-electron chi connectivity index (χ1n) is 11.4. The topological polar surface area (TPSA) is 61.8 Å². The average molecular weight is 395 g/mol. The Hall–Kier alpha value is -0.940. The molecule has 0 aromatic carbocycles. The van der Waals surface area contributed by atoms with E-state index >= 15 is 0 Å². The first-order valence-corrected chi connectivity index (χ1v) is 11.4. The Labute approximate surface area is 169 Å². The normalized spacial score (nSPS) is 36.6. The molecule has 4 unspecified atom stereocenters. The summed E-state index contributed by atoms with van der Waals surface area (Å²) < 4.78 is 16.7. The van der Waals surface area contributed by atoms with Crippen LogP contribution in [0.15, 0.2) is 0 Å². The number of ether oxygens (including phenoxy) is 3. The monoisotopic (exact) mass is 394 g/mol. The smallest absolute Gasteiger partial charge is 0.309 e. The first-order chi connectivity index (χ1) is 13.5. The number of esters is 1. The molecule has 0 bridgehead atoms. The van der Waals surface area contributed by atoms with Crippen LogP contribution in [-0.2, 0) is 23.8 Å². The number of Topliss-reactive ketones (excluding diaryl/α,β-unsaturated/α-hetero) is 1. The lowest BCUT2D eigenvalue weighted by molar-refractivity contribution is -0.155. The van der Waals surface area contributed by atoms with Gasteiger partial charge in [-0.2, -0.15) is 0 Å². The highest BCUT2D eigenvalue weighted by molar-refractivity contribution is 5.81. The molecular weight excluding hydrogens is 356 g/mol. The highest BCUT2D eigenvalue weighted by Gasteiger charge is 2.29. The van der Waals surface area contributed by atoms with Gasteiger partial charge in [-0.15, -0.1) is 0 Å². The van der Waals surface area contributed by atoms with Gasteiger partial charge in [-0.05, 0) is 70.6 Å². The molecule has 0 amide bonds. The number of hydrogen-bond donors (Lipinski definition) is 0. The number of rotatable bonds is 7. The largest absolute Gasteiger partial charge is 0.465 e. The van der Waals surface area contributed by atoms with Crippen LogP contribution in [0.5, 0.6) is 0 Å². The highest BCUT2D eigenvalue weighted by Crippen LogP contribution is 2.33. The third kappa shape index (κ3) is 6.55. The van der Waals surface area contributed by atoms with Crippen LogP contribution >= 0.6 is 0 Å². The first kappa shape index (κ1) is 21.8. The summed E-state index contributed by atoms with van der Waals surface area (Å²) in [6.07, 6.45) is 10.0.